The zero-order valence-corrected chi connectivity index (χ0v) is 12.3. The Hall–Kier alpha value is -1.10. The van der Waals surface area contributed by atoms with Gasteiger partial charge in [-0.2, -0.15) is 0 Å². The highest BCUT2D eigenvalue weighted by Crippen LogP contribution is 2.20. The van der Waals surface area contributed by atoms with Crippen LogP contribution in [-0.2, 0) is 14.3 Å². The number of hydrogen-bond acceptors (Lipinski definition) is 3. The van der Waals surface area contributed by atoms with E-state index in [2.05, 4.69) is 19.2 Å². The largest absolute Gasteiger partial charge is 0.481 e. The highest BCUT2D eigenvalue weighted by molar-refractivity contribution is 5.75. The molecule has 0 aliphatic rings. The molecule has 0 aliphatic heterocycles. The van der Waals surface area contributed by atoms with E-state index in [1.54, 1.807) is 7.11 Å². The molecule has 5 nitrogen and oxygen atoms in total. The number of amides is 1. The second kappa shape index (κ2) is 10.8. The number of ether oxygens (including phenoxy) is 1. The lowest BCUT2D eigenvalue weighted by Crippen LogP contribution is -2.27. The van der Waals surface area contributed by atoms with Gasteiger partial charge >= 0.3 is 5.97 Å². The van der Waals surface area contributed by atoms with Gasteiger partial charge in [-0.05, 0) is 31.1 Å². The molecule has 19 heavy (non-hydrogen) atoms. The lowest BCUT2D eigenvalue weighted by molar-refractivity contribution is -0.137. The van der Waals surface area contributed by atoms with Crippen LogP contribution in [0.15, 0.2) is 0 Å². The van der Waals surface area contributed by atoms with Crippen molar-refractivity contribution in [1.82, 2.24) is 5.32 Å². The van der Waals surface area contributed by atoms with Gasteiger partial charge in [0.1, 0.15) is 0 Å². The van der Waals surface area contributed by atoms with Crippen LogP contribution in [0.1, 0.15) is 46.0 Å². The van der Waals surface area contributed by atoms with Crippen LogP contribution in [0.3, 0.4) is 0 Å². The fourth-order valence-electron chi connectivity index (χ4n) is 1.98. The monoisotopic (exact) mass is 273 g/mol. The maximum absolute atomic E-state index is 11.5. The lowest BCUT2D eigenvalue weighted by atomic mass is 9.88. The van der Waals surface area contributed by atoms with E-state index in [0.29, 0.717) is 37.8 Å². The molecule has 1 atom stereocenters. The summed E-state index contributed by atoms with van der Waals surface area (Å²) in [5.41, 5.74) is 0. The van der Waals surface area contributed by atoms with Crippen molar-refractivity contribution in [2.24, 2.45) is 11.8 Å². The number of carboxylic acid groups (broad SMARTS) is 1. The first-order valence-electron chi connectivity index (χ1n) is 6.94. The molecule has 0 heterocycles. The third-order valence-electron chi connectivity index (χ3n) is 3.26. The van der Waals surface area contributed by atoms with E-state index in [9.17, 15) is 9.59 Å². The molecule has 0 saturated carbocycles. The van der Waals surface area contributed by atoms with E-state index < -0.39 is 5.97 Å². The fraction of sp³-hybridized carbons (Fsp3) is 0.857. The van der Waals surface area contributed by atoms with Gasteiger partial charge in [-0.15, -0.1) is 0 Å². The molecule has 0 aliphatic carbocycles. The standard InChI is InChI=1S/C14H27NO4/c1-11(2)12(6-7-14(17)18)8-9-15-13(16)5-4-10-19-3/h11-12H,4-10H2,1-3H3,(H,15,16)(H,17,18). The summed E-state index contributed by atoms with van der Waals surface area (Å²) in [7, 11) is 1.62. The Balaban J connectivity index is 3.79. The molecule has 0 aromatic heterocycles. The summed E-state index contributed by atoms with van der Waals surface area (Å²) in [6.45, 7) is 5.40. The SMILES string of the molecule is COCCCC(=O)NCCC(CCC(=O)O)C(C)C. The van der Waals surface area contributed by atoms with Crippen LogP contribution in [0.2, 0.25) is 0 Å². The Morgan fingerprint density at radius 1 is 1.21 bits per heavy atom. The third kappa shape index (κ3) is 10.5. The van der Waals surface area contributed by atoms with Crippen molar-refractivity contribution in [3.63, 3.8) is 0 Å². The Bertz CT molecular complexity index is 266. The van der Waals surface area contributed by atoms with Gasteiger partial charge in [0.2, 0.25) is 5.91 Å². The maximum Gasteiger partial charge on any atom is 0.303 e. The summed E-state index contributed by atoms with van der Waals surface area (Å²) in [5, 5.41) is 11.6. The van der Waals surface area contributed by atoms with E-state index in [1.165, 1.54) is 0 Å². The summed E-state index contributed by atoms with van der Waals surface area (Å²) >= 11 is 0. The van der Waals surface area contributed by atoms with Gasteiger partial charge in [-0.3, -0.25) is 9.59 Å². The average molecular weight is 273 g/mol. The van der Waals surface area contributed by atoms with Crippen LogP contribution in [-0.4, -0.2) is 37.2 Å². The van der Waals surface area contributed by atoms with Crippen molar-refractivity contribution < 1.29 is 19.4 Å². The average Bonchev–Trinajstić information content (AvgIpc) is 2.33. The number of methoxy groups -OCH3 is 1. The van der Waals surface area contributed by atoms with Crippen molar-refractivity contribution in [1.29, 1.82) is 0 Å². The van der Waals surface area contributed by atoms with Crippen LogP contribution < -0.4 is 5.32 Å². The molecular formula is C14H27NO4. The van der Waals surface area contributed by atoms with E-state index >= 15 is 0 Å². The Kier molecular flexibility index (Phi) is 10.2. The van der Waals surface area contributed by atoms with Crippen LogP contribution in [0.25, 0.3) is 0 Å². The molecule has 1 unspecified atom stereocenters. The smallest absolute Gasteiger partial charge is 0.303 e. The molecule has 0 radical (unpaired) electrons. The first-order chi connectivity index (χ1) is 8.97. The highest BCUT2D eigenvalue weighted by atomic mass is 16.5. The van der Waals surface area contributed by atoms with Gasteiger partial charge in [-0.25, -0.2) is 0 Å². The maximum atomic E-state index is 11.5. The predicted molar refractivity (Wildman–Crippen MR) is 73.9 cm³/mol. The number of carbonyl (C=O) groups is 2. The van der Waals surface area contributed by atoms with Crippen molar-refractivity contribution >= 4 is 11.9 Å². The minimum absolute atomic E-state index is 0.0396. The van der Waals surface area contributed by atoms with Gasteiger partial charge in [0.25, 0.3) is 0 Å². The third-order valence-corrected chi connectivity index (χ3v) is 3.26. The first kappa shape index (κ1) is 17.9. The highest BCUT2D eigenvalue weighted by Gasteiger charge is 2.15. The second-order valence-electron chi connectivity index (χ2n) is 5.17. The van der Waals surface area contributed by atoms with Gasteiger partial charge in [-0.1, -0.05) is 13.8 Å². The van der Waals surface area contributed by atoms with Crippen molar-refractivity contribution in [3.05, 3.63) is 0 Å². The molecule has 0 spiro atoms. The summed E-state index contributed by atoms with van der Waals surface area (Å²) < 4.78 is 4.89. The van der Waals surface area contributed by atoms with Gasteiger partial charge < -0.3 is 15.2 Å². The molecule has 112 valence electrons. The molecule has 2 N–H and O–H groups in total. The molecule has 0 aromatic carbocycles. The van der Waals surface area contributed by atoms with Gasteiger partial charge in [0.15, 0.2) is 0 Å². The van der Waals surface area contributed by atoms with Crippen LogP contribution in [0, 0.1) is 11.8 Å². The molecular weight excluding hydrogens is 246 g/mol. The van der Waals surface area contributed by atoms with Crippen LogP contribution in [0.5, 0.6) is 0 Å². The predicted octanol–water partition coefficient (Wildman–Crippen LogP) is 2.06. The van der Waals surface area contributed by atoms with E-state index in [0.717, 1.165) is 12.8 Å². The minimum Gasteiger partial charge on any atom is -0.481 e. The summed E-state index contributed by atoms with van der Waals surface area (Å²) in [6, 6.07) is 0. The summed E-state index contributed by atoms with van der Waals surface area (Å²) in [4.78, 5) is 22.0. The molecule has 5 heteroatoms. The Labute approximate surface area is 115 Å². The number of nitrogens with one attached hydrogen (secondary N) is 1. The van der Waals surface area contributed by atoms with Crippen molar-refractivity contribution in [2.75, 3.05) is 20.3 Å². The summed E-state index contributed by atoms with van der Waals surface area (Å²) in [6.07, 6.45) is 2.92. The second-order valence-corrected chi connectivity index (χ2v) is 5.17. The topological polar surface area (TPSA) is 75.6 Å². The van der Waals surface area contributed by atoms with Crippen molar-refractivity contribution in [2.45, 2.75) is 46.0 Å². The van der Waals surface area contributed by atoms with E-state index in [-0.39, 0.29) is 12.3 Å². The molecule has 0 saturated heterocycles. The normalized spacial score (nSPS) is 12.4. The summed E-state index contributed by atoms with van der Waals surface area (Å²) in [5.74, 6) is 0.0622. The fourth-order valence-corrected chi connectivity index (χ4v) is 1.98. The van der Waals surface area contributed by atoms with Crippen LogP contribution >= 0.6 is 0 Å². The molecule has 0 fully saturated rings. The van der Waals surface area contributed by atoms with E-state index in [1.807, 2.05) is 0 Å². The zero-order chi connectivity index (χ0) is 14.7. The quantitative estimate of drug-likeness (QED) is 0.565. The Morgan fingerprint density at radius 3 is 2.42 bits per heavy atom. The molecule has 1 amide bonds. The minimum atomic E-state index is -0.755. The number of carboxylic acids is 1. The lowest BCUT2D eigenvalue weighted by Gasteiger charge is -2.20. The number of rotatable bonds is 11. The first-order valence-corrected chi connectivity index (χ1v) is 6.94. The van der Waals surface area contributed by atoms with E-state index in [4.69, 9.17) is 9.84 Å². The van der Waals surface area contributed by atoms with Crippen LogP contribution in [0.4, 0.5) is 0 Å². The van der Waals surface area contributed by atoms with Gasteiger partial charge in [0, 0.05) is 33.1 Å². The number of hydrogen-bond donors (Lipinski definition) is 2. The number of aliphatic carboxylic acids is 1. The molecule has 0 bridgehead atoms. The molecule has 0 rings (SSSR count). The van der Waals surface area contributed by atoms with Crippen molar-refractivity contribution in [3.8, 4) is 0 Å². The van der Waals surface area contributed by atoms with Gasteiger partial charge in [0.05, 0.1) is 0 Å². The number of carbonyl (C=O) groups excluding carboxylic acids is 1. The molecule has 0 aromatic rings. The zero-order valence-electron chi connectivity index (χ0n) is 12.3. The Morgan fingerprint density at radius 2 is 1.89 bits per heavy atom.